The average molecular weight is 294 g/mol. The molecule has 0 radical (unpaired) electrons. The number of hydrogen-bond acceptors (Lipinski definition) is 3. The van der Waals surface area contributed by atoms with Crippen LogP contribution in [0.1, 0.15) is 23.3 Å². The van der Waals surface area contributed by atoms with Crippen molar-refractivity contribution >= 4 is 29.2 Å². The van der Waals surface area contributed by atoms with Crippen molar-refractivity contribution in [3.05, 3.63) is 47.2 Å². The lowest BCUT2D eigenvalue weighted by Gasteiger charge is -2.13. The smallest absolute Gasteiger partial charge is 0.335 e. The van der Waals surface area contributed by atoms with E-state index in [1.54, 1.807) is 25.4 Å². The summed E-state index contributed by atoms with van der Waals surface area (Å²) in [6, 6.07) is 5.35. The molecule has 104 valence electrons. The fourth-order valence-corrected chi connectivity index (χ4v) is 1.84. The summed E-state index contributed by atoms with van der Waals surface area (Å²) >= 11 is 5.95. The maximum atomic E-state index is 12.0. The van der Waals surface area contributed by atoms with E-state index >= 15 is 0 Å². The SMILES string of the molecule is CC(C(=O)Nc1ccc(C(=O)O)cc1Cl)n1cccn1. The molecule has 0 spiro atoms. The van der Waals surface area contributed by atoms with Gasteiger partial charge in [-0.3, -0.25) is 9.48 Å². The lowest BCUT2D eigenvalue weighted by molar-refractivity contribution is -0.119. The molecular formula is C13H12ClN3O3. The highest BCUT2D eigenvalue weighted by molar-refractivity contribution is 6.34. The van der Waals surface area contributed by atoms with E-state index in [-0.39, 0.29) is 16.5 Å². The van der Waals surface area contributed by atoms with Gasteiger partial charge in [-0.2, -0.15) is 5.10 Å². The van der Waals surface area contributed by atoms with Crippen LogP contribution in [-0.2, 0) is 4.79 Å². The summed E-state index contributed by atoms with van der Waals surface area (Å²) in [7, 11) is 0. The molecule has 2 rings (SSSR count). The number of benzene rings is 1. The van der Waals surface area contributed by atoms with Gasteiger partial charge in [-0.1, -0.05) is 11.6 Å². The van der Waals surface area contributed by atoms with Gasteiger partial charge < -0.3 is 10.4 Å². The van der Waals surface area contributed by atoms with Crippen LogP contribution in [-0.4, -0.2) is 26.8 Å². The lowest BCUT2D eigenvalue weighted by Crippen LogP contribution is -2.24. The van der Waals surface area contributed by atoms with Crippen molar-refractivity contribution in [3.8, 4) is 0 Å². The van der Waals surface area contributed by atoms with Crippen LogP contribution in [0, 0.1) is 0 Å². The minimum absolute atomic E-state index is 0.0631. The summed E-state index contributed by atoms with van der Waals surface area (Å²) in [5.41, 5.74) is 0.425. The molecule has 0 saturated carbocycles. The van der Waals surface area contributed by atoms with Crippen molar-refractivity contribution in [2.24, 2.45) is 0 Å². The van der Waals surface area contributed by atoms with Crippen LogP contribution in [0.5, 0.6) is 0 Å². The third kappa shape index (κ3) is 2.97. The van der Waals surface area contributed by atoms with Crippen LogP contribution < -0.4 is 5.32 Å². The molecule has 0 aliphatic heterocycles. The number of carbonyl (C=O) groups is 2. The Labute approximate surface area is 120 Å². The molecule has 0 aliphatic rings. The molecule has 2 N–H and O–H groups in total. The Bertz CT molecular complexity index is 640. The van der Waals surface area contributed by atoms with Crippen molar-refractivity contribution in [2.45, 2.75) is 13.0 Å². The molecule has 1 heterocycles. The van der Waals surface area contributed by atoms with Crippen LogP contribution >= 0.6 is 11.6 Å². The highest BCUT2D eigenvalue weighted by atomic mass is 35.5. The molecule has 0 aliphatic carbocycles. The van der Waals surface area contributed by atoms with Crippen molar-refractivity contribution in [1.29, 1.82) is 0 Å². The Morgan fingerprint density at radius 3 is 2.75 bits per heavy atom. The minimum Gasteiger partial charge on any atom is -0.478 e. The number of halogens is 1. The molecule has 1 atom stereocenters. The van der Waals surface area contributed by atoms with E-state index in [4.69, 9.17) is 16.7 Å². The normalized spacial score (nSPS) is 11.9. The van der Waals surface area contributed by atoms with Crippen molar-refractivity contribution in [3.63, 3.8) is 0 Å². The number of carbonyl (C=O) groups excluding carboxylic acids is 1. The van der Waals surface area contributed by atoms with E-state index in [0.717, 1.165) is 0 Å². The molecule has 1 aromatic carbocycles. The van der Waals surface area contributed by atoms with E-state index < -0.39 is 12.0 Å². The van der Waals surface area contributed by atoms with Gasteiger partial charge in [0.05, 0.1) is 16.3 Å². The fourth-order valence-electron chi connectivity index (χ4n) is 1.62. The van der Waals surface area contributed by atoms with Crippen LogP contribution in [0.15, 0.2) is 36.7 Å². The molecule has 0 fully saturated rings. The zero-order valence-corrected chi connectivity index (χ0v) is 11.3. The maximum Gasteiger partial charge on any atom is 0.335 e. The Morgan fingerprint density at radius 2 is 2.20 bits per heavy atom. The first-order valence-corrected chi connectivity index (χ1v) is 6.19. The first kappa shape index (κ1) is 14.1. The number of anilines is 1. The molecule has 1 aromatic heterocycles. The van der Waals surface area contributed by atoms with E-state index in [2.05, 4.69) is 10.4 Å². The Morgan fingerprint density at radius 1 is 1.45 bits per heavy atom. The monoisotopic (exact) mass is 293 g/mol. The van der Waals surface area contributed by atoms with Gasteiger partial charge >= 0.3 is 5.97 Å². The van der Waals surface area contributed by atoms with Crippen LogP contribution in [0.25, 0.3) is 0 Å². The first-order valence-electron chi connectivity index (χ1n) is 5.82. The molecule has 0 saturated heterocycles. The summed E-state index contributed by atoms with van der Waals surface area (Å²) in [6.07, 6.45) is 3.26. The van der Waals surface area contributed by atoms with Crippen molar-refractivity contribution < 1.29 is 14.7 Å². The van der Waals surface area contributed by atoms with Gasteiger partial charge in [-0.15, -0.1) is 0 Å². The summed E-state index contributed by atoms with van der Waals surface area (Å²) in [6.45, 7) is 1.70. The van der Waals surface area contributed by atoms with E-state index in [1.807, 2.05) is 0 Å². The number of amides is 1. The number of carboxylic acid groups (broad SMARTS) is 1. The number of hydrogen-bond donors (Lipinski definition) is 2. The highest BCUT2D eigenvalue weighted by Crippen LogP contribution is 2.24. The van der Waals surface area contributed by atoms with Gasteiger partial charge in [0.25, 0.3) is 0 Å². The zero-order valence-electron chi connectivity index (χ0n) is 10.6. The van der Waals surface area contributed by atoms with Gasteiger partial charge in [0.1, 0.15) is 6.04 Å². The average Bonchev–Trinajstić information content (AvgIpc) is 2.93. The standard InChI is InChI=1S/C13H12ClN3O3/c1-8(17-6-2-5-15-17)12(18)16-11-4-3-9(13(19)20)7-10(11)14/h2-8H,1H3,(H,16,18)(H,19,20). The quantitative estimate of drug-likeness (QED) is 0.907. The van der Waals surface area contributed by atoms with Crippen LogP contribution in [0.2, 0.25) is 5.02 Å². The van der Waals surface area contributed by atoms with E-state index in [9.17, 15) is 9.59 Å². The van der Waals surface area contributed by atoms with Crippen LogP contribution in [0.3, 0.4) is 0 Å². The molecule has 2 aromatic rings. The highest BCUT2D eigenvalue weighted by Gasteiger charge is 2.16. The number of rotatable bonds is 4. The second-order valence-corrected chi connectivity index (χ2v) is 4.56. The molecule has 7 heteroatoms. The molecule has 20 heavy (non-hydrogen) atoms. The summed E-state index contributed by atoms with van der Waals surface area (Å²) in [5.74, 6) is -1.37. The second kappa shape index (κ2) is 5.75. The predicted octanol–water partition coefficient (Wildman–Crippen LogP) is 2.43. The molecule has 1 amide bonds. The third-order valence-corrected chi connectivity index (χ3v) is 3.09. The summed E-state index contributed by atoms with van der Waals surface area (Å²) in [5, 5.41) is 15.6. The third-order valence-electron chi connectivity index (χ3n) is 2.78. The topological polar surface area (TPSA) is 84.2 Å². The zero-order chi connectivity index (χ0) is 14.7. The predicted molar refractivity (Wildman–Crippen MR) is 74.0 cm³/mol. The number of nitrogens with one attached hydrogen (secondary N) is 1. The first-order chi connectivity index (χ1) is 9.49. The van der Waals surface area contributed by atoms with Gasteiger partial charge in [0.2, 0.25) is 5.91 Å². The molecule has 6 nitrogen and oxygen atoms in total. The summed E-state index contributed by atoms with van der Waals surface area (Å²) in [4.78, 5) is 22.8. The maximum absolute atomic E-state index is 12.0. The van der Waals surface area contributed by atoms with Gasteiger partial charge in [-0.05, 0) is 31.2 Å². The lowest BCUT2D eigenvalue weighted by atomic mass is 10.2. The Balaban J connectivity index is 2.14. The minimum atomic E-state index is -1.07. The fraction of sp³-hybridized carbons (Fsp3) is 0.154. The summed E-state index contributed by atoms with van der Waals surface area (Å²) < 4.78 is 1.51. The van der Waals surface area contributed by atoms with E-state index in [0.29, 0.717) is 5.69 Å². The number of aromatic carboxylic acids is 1. The molecular weight excluding hydrogens is 282 g/mol. The number of carboxylic acids is 1. The Kier molecular flexibility index (Phi) is 4.05. The van der Waals surface area contributed by atoms with E-state index in [1.165, 1.54) is 22.9 Å². The van der Waals surface area contributed by atoms with Gasteiger partial charge in [-0.25, -0.2) is 4.79 Å². The Hall–Kier alpha value is -2.34. The van der Waals surface area contributed by atoms with Gasteiger partial charge in [0.15, 0.2) is 0 Å². The molecule has 0 bridgehead atoms. The number of nitrogens with zero attached hydrogens (tertiary/aromatic N) is 2. The number of aromatic nitrogens is 2. The van der Waals surface area contributed by atoms with Crippen LogP contribution in [0.4, 0.5) is 5.69 Å². The largest absolute Gasteiger partial charge is 0.478 e. The van der Waals surface area contributed by atoms with Crippen molar-refractivity contribution in [1.82, 2.24) is 9.78 Å². The molecule has 1 unspecified atom stereocenters. The second-order valence-electron chi connectivity index (χ2n) is 4.15. The van der Waals surface area contributed by atoms with Gasteiger partial charge in [0, 0.05) is 12.4 Å². The van der Waals surface area contributed by atoms with Crippen molar-refractivity contribution in [2.75, 3.05) is 5.32 Å².